The number of carbonyl (C=O) groups is 1. The van der Waals surface area contributed by atoms with Crippen molar-refractivity contribution in [3.8, 4) is 0 Å². The molecule has 17 heavy (non-hydrogen) atoms. The number of rotatable bonds is 5. The molecule has 0 bridgehead atoms. The van der Waals surface area contributed by atoms with Crippen LogP contribution in [0.5, 0.6) is 0 Å². The van der Waals surface area contributed by atoms with Crippen LogP contribution in [0.2, 0.25) is 5.02 Å². The molecule has 5 heteroatoms. The average Bonchev–Trinajstić information content (AvgIpc) is 2.32. The first-order chi connectivity index (χ1) is 8.06. The molecule has 1 amide bonds. The smallest absolute Gasteiger partial charge is 0.252 e. The minimum absolute atomic E-state index is 0.109. The van der Waals surface area contributed by atoms with Gasteiger partial charge in [-0.2, -0.15) is 0 Å². The van der Waals surface area contributed by atoms with Crippen molar-refractivity contribution >= 4 is 17.5 Å². The SMILES string of the molecule is CCC(O)CCNC(=O)c1cccc(F)c1Cl. The van der Waals surface area contributed by atoms with Crippen LogP contribution in [0.25, 0.3) is 0 Å². The molecule has 1 aromatic carbocycles. The number of carbonyl (C=O) groups excluding carboxylic acids is 1. The highest BCUT2D eigenvalue weighted by atomic mass is 35.5. The Labute approximate surface area is 105 Å². The van der Waals surface area contributed by atoms with Gasteiger partial charge in [-0.25, -0.2) is 4.39 Å². The zero-order valence-electron chi connectivity index (χ0n) is 9.54. The van der Waals surface area contributed by atoms with Crippen LogP contribution in [-0.4, -0.2) is 23.7 Å². The van der Waals surface area contributed by atoms with E-state index in [0.717, 1.165) is 0 Å². The average molecular weight is 260 g/mol. The number of benzene rings is 1. The number of nitrogens with one attached hydrogen (secondary N) is 1. The van der Waals surface area contributed by atoms with Gasteiger partial charge in [0.25, 0.3) is 5.91 Å². The van der Waals surface area contributed by atoms with E-state index in [-0.39, 0.29) is 10.6 Å². The van der Waals surface area contributed by atoms with E-state index in [4.69, 9.17) is 11.6 Å². The summed E-state index contributed by atoms with van der Waals surface area (Å²) in [6.45, 7) is 2.19. The van der Waals surface area contributed by atoms with Crippen LogP contribution >= 0.6 is 11.6 Å². The predicted octanol–water partition coefficient (Wildman–Crippen LogP) is 2.37. The number of hydrogen-bond donors (Lipinski definition) is 2. The van der Waals surface area contributed by atoms with Gasteiger partial charge >= 0.3 is 0 Å². The van der Waals surface area contributed by atoms with Gasteiger partial charge in [-0.1, -0.05) is 24.6 Å². The normalized spacial score (nSPS) is 12.2. The maximum absolute atomic E-state index is 13.1. The van der Waals surface area contributed by atoms with Gasteiger partial charge in [-0.3, -0.25) is 4.79 Å². The Bertz CT molecular complexity index is 398. The fourth-order valence-corrected chi connectivity index (χ4v) is 1.54. The minimum atomic E-state index is -0.618. The number of hydrogen-bond acceptors (Lipinski definition) is 2. The third-order valence-corrected chi connectivity index (χ3v) is 2.81. The Kier molecular flexibility index (Phi) is 5.38. The third-order valence-electron chi connectivity index (χ3n) is 2.43. The summed E-state index contributed by atoms with van der Waals surface area (Å²) < 4.78 is 13.1. The largest absolute Gasteiger partial charge is 0.393 e. The first-order valence-corrected chi connectivity index (χ1v) is 5.84. The van der Waals surface area contributed by atoms with E-state index in [0.29, 0.717) is 19.4 Å². The lowest BCUT2D eigenvalue weighted by atomic mass is 10.2. The molecule has 0 spiro atoms. The second-order valence-electron chi connectivity index (χ2n) is 3.71. The van der Waals surface area contributed by atoms with Gasteiger partial charge in [0.1, 0.15) is 5.82 Å². The van der Waals surface area contributed by atoms with Crippen molar-refractivity contribution in [2.75, 3.05) is 6.54 Å². The molecule has 0 radical (unpaired) electrons. The van der Waals surface area contributed by atoms with Gasteiger partial charge < -0.3 is 10.4 Å². The van der Waals surface area contributed by atoms with E-state index >= 15 is 0 Å². The van der Waals surface area contributed by atoms with Crippen molar-refractivity contribution in [1.29, 1.82) is 0 Å². The van der Waals surface area contributed by atoms with Crippen LogP contribution < -0.4 is 5.32 Å². The quantitative estimate of drug-likeness (QED) is 0.853. The monoisotopic (exact) mass is 259 g/mol. The summed E-state index contributed by atoms with van der Waals surface area (Å²) in [5.41, 5.74) is 0.109. The van der Waals surface area contributed by atoms with Gasteiger partial charge in [0.2, 0.25) is 0 Å². The maximum Gasteiger partial charge on any atom is 0.252 e. The molecule has 1 atom stereocenters. The molecule has 2 N–H and O–H groups in total. The molecule has 0 saturated carbocycles. The third kappa shape index (κ3) is 3.98. The molecule has 0 aliphatic carbocycles. The molecule has 0 aromatic heterocycles. The van der Waals surface area contributed by atoms with E-state index in [1.54, 1.807) is 0 Å². The van der Waals surface area contributed by atoms with Crippen LogP contribution in [-0.2, 0) is 0 Å². The van der Waals surface area contributed by atoms with Crippen molar-refractivity contribution in [3.63, 3.8) is 0 Å². The van der Waals surface area contributed by atoms with E-state index < -0.39 is 17.8 Å². The van der Waals surface area contributed by atoms with E-state index in [9.17, 15) is 14.3 Å². The molecule has 0 heterocycles. The highest BCUT2D eigenvalue weighted by Crippen LogP contribution is 2.19. The Morgan fingerprint density at radius 1 is 1.59 bits per heavy atom. The van der Waals surface area contributed by atoms with Crippen LogP contribution in [0.1, 0.15) is 30.1 Å². The van der Waals surface area contributed by atoms with Crippen molar-refractivity contribution in [1.82, 2.24) is 5.32 Å². The van der Waals surface area contributed by atoms with Crippen molar-refractivity contribution < 1.29 is 14.3 Å². The lowest BCUT2D eigenvalue weighted by Gasteiger charge is -2.09. The Morgan fingerprint density at radius 3 is 2.94 bits per heavy atom. The summed E-state index contributed by atoms with van der Waals surface area (Å²) in [5.74, 6) is -1.05. The number of aliphatic hydroxyl groups is 1. The first kappa shape index (κ1) is 13.9. The summed E-state index contributed by atoms with van der Waals surface area (Å²) in [6.07, 6.45) is 0.671. The van der Waals surface area contributed by atoms with Crippen LogP contribution in [0.15, 0.2) is 18.2 Å². The van der Waals surface area contributed by atoms with Crippen LogP contribution in [0, 0.1) is 5.82 Å². The Hall–Kier alpha value is -1.13. The molecule has 3 nitrogen and oxygen atoms in total. The van der Waals surface area contributed by atoms with Gasteiger partial charge in [0.15, 0.2) is 0 Å². The fourth-order valence-electron chi connectivity index (χ4n) is 1.33. The van der Waals surface area contributed by atoms with Crippen molar-refractivity contribution in [2.45, 2.75) is 25.9 Å². The maximum atomic E-state index is 13.1. The molecule has 94 valence electrons. The van der Waals surface area contributed by atoms with E-state index in [2.05, 4.69) is 5.32 Å². The second-order valence-corrected chi connectivity index (χ2v) is 4.09. The molecule has 1 aromatic rings. The lowest BCUT2D eigenvalue weighted by Crippen LogP contribution is -2.27. The highest BCUT2D eigenvalue weighted by Gasteiger charge is 2.13. The van der Waals surface area contributed by atoms with Crippen LogP contribution in [0.4, 0.5) is 4.39 Å². The highest BCUT2D eigenvalue weighted by molar-refractivity contribution is 6.34. The fraction of sp³-hybridized carbons (Fsp3) is 0.417. The standard InChI is InChI=1S/C12H15ClFNO2/c1-2-8(16)6-7-15-12(17)9-4-3-5-10(14)11(9)13/h3-5,8,16H,2,6-7H2,1H3,(H,15,17). The number of amides is 1. The number of halogens is 2. The molecule has 0 saturated heterocycles. The second kappa shape index (κ2) is 6.57. The van der Waals surface area contributed by atoms with E-state index in [1.165, 1.54) is 18.2 Å². The predicted molar refractivity (Wildman–Crippen MR) is 64.7 cm³/mol. The molecule has 0 fully saturated rings. The molecular weight excluding hydrogens is 245 g/mol. The zero-order valence-corrected chi connectivity index (χ0v) is 10.3. The summed E-state index contributed by atoms with van der Waals surface area (Å²) in [5, 5.41) is 11.7. The zero-order chi connectivity index (χ0) is 12.8. The minimum Gasteiger partial charge on any atom is -0.393 e. The topological polar surface area (TPSA) is 49.3 Å². The van der Waals surface area contributed by atoms with Crippen LogP contribution in [0.3, 0.4) is 0 Å². The summed E-state index contributed by atoms with van der Waals surface area (Å²) in [7, 11) is 0. The van der Waals surface area contributed by atoms with E-state index in [1.807, 2.05) is 6.92 Å². The van der Waals surface area contributed by atoms with Gasteiger partial charge in [-0.15, -0.1) is 0 Å². The van der Waals surface area contributed by atoms with Gasteiger partial charge in [0, 0.05) is 6.54 Å². The molecule has 0 aliphatic heterocycles. The summed E-state index contributed by atoms with van der Waals surface area (Å²) in [6, 6.07) is 4.08. The molecule has 0 aliphatic rings. The summed E-state index contributed by atoms with van der Waals surface area (Å²) in [4.78, 5) is 11.6. The van der Waals surface area contributed by atoms with Gasteiger partial charge in [0.05, 0.1) is 16.7 Å². The first-order valence-electron chi connectivity index (χ1n) is 5.46. The Morgan fingerprint density at radius 2 is 2.29 bits per heavy atom. The molecule has 1 rings (SSSR count). The summed E-state index contributed by atoms with van der Waals surface area (Å²) >= 11 is 5.67. The van der Waals surface area contributed by atoms with Crippen molar-refractivity contribution in [3.05, 3.63) is 34.6 Å². The lowest BCUT2D eigenvalue weighted by molar-refractivity contribution is 0.0941. The molecular formula is C12H15ClFNO2. The Balaban J connectivity index is 2.56. The van der Waals surface area contributed by atoms with Crippen molar-refractivity contribution in [2.24, 2.45) is 0 Å². The van der Waals surface area contributed by atoms with Gasteiger partial charge in [-0.05, 0) is 25.0 Å². The molecule has 1 unspecified atom stereocenters. The number of aliphatic hydroxyl groups excluding tert-OH is 1.